The number of hydrogen-bond donors (Lipinski definition) is 0. The van der Waals surface area contributed by atoms with Crippen molar-refractivity contribution in [1.29, 1.82) is 0 Å². The lowest BCUT2D eigenvalue weighted by Crippen LogP contribution is -1.88. The topological polar surface area (TPSA) is 43.1 Å². The Balaban J connectivity index is 2.52. The molecular weight excluding hydrogens is 202 g/mol. The van der Waals surface area contributed by atoms with Crippen molar-refractivity contribution in [3.05, 3.63) is 42.1 Å². The van der Waals surface area contributed by atoms with Crippen LogP contribution in [0, 0.1) is 0 Å². The van der Waals surface area contributed by atoms with Crippen molar-refractivity contribution in [2.24, 2.45) is 0 Å². The first-order valence-electron chi connectivity index (χ1n) is 3.99. The molecule has 1 aromatic carbocycles. The molecule has 70 valence electrons. The lowest BCUT2D eigenvalue weighted by molar-refractivity contribution is 0.108. The van der Waals surface area contributed by atoms with Gasteiger partial charge in [0.25, 0.3) is 5.24 Å². The molecule has 14 heavy (non-hydrogen) atoms. The highest BCUT2D eigenvalue weighted by molar-refractivity contribution is 6.68. The number of aromatic nitrogens is 1. The lowest BCUT2D eigenvalue weighted by atomic mass is 10.1. The van der Waals surface area contributed by atoms with Crippen molar-refractivity contribution < 1.29 is 9.32 Å². The van der Waals surface area contributed by atoms with E-state index in [1.54, 1.807) is 0 Å². The minimum Gasteiger partial charge on any atom is -0.355 e. The molecule has 0 radical (unpaired) electrons. The first-order chi connectivity index (χ1) is 6.79. The Morgan fingerprint density at radius 3 is 2.64 bits per heavy atom. The van der Waals surface area contributed by atoms with E-state index in [0.717, 1.165) is 5.56 Å². The van der Waals surface area contributed by atoms with Crippen molar-refractivity contribution in [3.63, 3.8) is 0 Å². The summed E-state index contributed by atoms with van der Waals surface area (Å²) in [6.07, 6.45) is 1.32. The van der Waals surface area contributed by atoms with Crippen LogP contribution in [0.5, 0.6) is 0 Å². The molecule has 0 saturated heterocycles. The summed E-state index contributed by atoms with van der Waals surface area (Å²) >= 11 is 5.36. The monoisotopic (exact) mass is 207 g/mol. The van der Waals surface area contributed by atoms with Crippen LogP contribution in [0.3, 0.4) is 0 Å². The molecule has 1 heterocycles. The average molecular weight is 208 g/mol. The quantitative estimate of drug-likeness (QED) is 0.712. The number of rotatable bonds is 2. The van der Waals surface area contributed by atoms with Gasteiger partial charge in [0, 0.05) is 5.56 Å². The zero-order valence-corrected chi connectivity index (χ0v) is 7.86. The lowest BCUT2D eigenvalue weighted by Gasteiger charge is -1.95. The highest BCUT2D eigenvalue weighted by Gasteiger charge is 2.15. The number of benzene rings is 1. The zero-order valence-electron chi connectivity index (χ0n) is 7.11. The normalized spacial score (nSPS) is 10.1. The van der Waals surface area contributed by atoms with E-state index in [0.29, 0.717) is 5.76 Å². The zero-order chi connectivity index (χ0) is 9.97. The first kappa shape index (κ1) is 8.97. The van der Waals surface area contributed by atoms with Crippen molar-refractivity contribution >= 4 is 16.8 Å². The number of nitrogens with zero attached hydrogens (tertiary/aromatic N) is 1. The van der Waals surface area contributed by atoms with Gasteiger partial charge in [-0.05, 0) is 11.6 Å². The summed E-state index contributed by atoms with van der Waals surface area (Å²) < 4.78 is 4.96. The van der Waals surface area contributed by atoms with Gasteiger partial charge in [-0.1, -0.05) is 35.5 Å². The molecule has 0 fully saturated rings. The van der Waals surface area contributed by atoms with Gasteiger partial charge in [0.1, 0.15) is 5.56 Å². The Morgan fingerprint density at radius 1 is 1.29 bits per heavy atom. The molecule has 0 aliphatic heterocycles. The summed E-state index contributed by atoms with van der Waals surface area (Å²) in [4.78, 5) is 11.0. The van der Waals surface area contributed by atoms with E-state index in [1.807, 2.05) is 30.3 Å². The Hall–Kier alpha value is -1.61. The predicted octanol–water partition coefficient (Wildman–Crippen LogP) is 2.72. The summed E-state index contributed by atoms with van der Waals surface area (Å²) in [6, 6.07) is 9.22. The van der Waals surface area contributed by atoms with E-state index in [-0.39, 0.29) is 5.56 Å². The van der Waals surface area contributed by atoms with Crippen LogP contribution in [-0.4, -0.2) is 10.4 Å². The smallest absolute Gasteiger partial charge is 0.257 e. The van der Waals surface area contributed by atoms with Crippen LogP contribution in [0.2, 0.25) is 0 Å². The van der Waals surface area contributed by atoms with Crippen LogP contribution in [0.4, 0.5) is 0 Å². The molecule has 0 bridgehead atoms. The summed E-state index contributed by atoms with van der Waals surface area (Å²) in [5, 5.41) is 2.97. The van der Waals surface area contributed by atoms with E-state index in [9.17, 15) is 4.79 Å². The number of carbonyl (C=O) groups excluding carboxylic acids is 1. The summed E-state index contributed by atoms with van der Waals surface area (Å²) in [7, 11) is 0. The van der Waals surface area contributed by atoms with Gasteiger partial charge in [-0.2, -0.15) is 0 Å². The maximum atomic E-state index is 11.0. The van der Waals surface area contributed by atoms with Crippen molar-refractivity contribution in [3.8, 4) is 11.3 Å². The number of halogens is 1. The third-order valence-corrected chi connectivity index (χ3v) is 2.02. The maximum Gasteiger partial charge on any atom is 0.257 e. The van der Waals surface area contributed by atoms with Gasteiger partial charge < -0.3 is 4.52 Å². The van der Waals surface area contributed by atoms with Crippen molar-refractivity contribution in [1.82, 2.24) is 5.16 Å². The summed E-state index contributed by atoms with van der Waals surface area (Å²) in [5.74, 6) is 0.408. The molecule has 0 spiro atoms. The summed E-state index contributed by atoms with van der Waals surface area (Å²) in [5.41, 5.74) is 1.08. The van der Waals surface area contributed by atoms with Crippen LogP contribution in [0.25, 0.3) is 11.3 Å². The van der Waals surface area contributed by atoms with Gasteiger partial charge >= 0.3 is 0 Å². The van der Waals surface area contributed by atoms with Crippen LogP contribution in [0.15, 0.2) is 41.1 Å². The molecule has 0 amide bonds. The van der Waals surface area contributed by atoms with E-state index in [4.69, 9.17) is 16.1 Å². The molecule has 0 unspecified atom stereocenters. The third kappa shape index (κ3) is 1.54. The van der Waals surface area contributed by atoms with E-state index in [2.05, 4.69) is 5.16 Å². The van der Waals surface area contributed by atoms with Crippen molar-refractivity contribution in [2.75, 3.05) is 0 Å². The first-order valence-corrected chi connectivity index (χ1v) is 4.37. The van der Waals surface area contributed by atoms with Crippen LogP contribution >= 0.6 is 11.6 Å². The molecule has 2 rings (SSSR count). The Labute approximate surface area is 85.3 Å². The molecule has 0 aliphatic carbocycles. The SMILES string of the molecule is O=C(Cl)c1cnoc1-c1ccccc1. The van der Waals surface area contributed by atoms with E-state index >= 15 is 0 Å². The largest absolute Gasteiger partial charge is 0.355 e. The van der Waals surface area contributed by atoms with E-state index < -0.39 is 5.24 Å². The standard InChI is InChI=1S/C10H6ClNO2/c11-10(13)8-6-12-14-9(8)7-4-2-1-3-5-7/h1-6H. The fourth-order valence-electron chi connectivity index (χ4n) is 1.18. The molecule has 0 atom stereocenters. The number of carbonyl (C=O) groups is 1. The Morgan fingerprint density at radius 2 is 2.00 bits per heavy atom. The fraction of sp³-hybridized carbons (Fsp3) is 0. The molecule has 2 aromatic rings. The average Bonchev–Trinajstić information content (AvgIpc) is 2.67. The second-order valence-corrected chi connectivity index (χ2v) is 3.05. The molecular formula is C10H6ClNO2. The van der Waals surface area contributed by atoms with Crippen LogP contribution in [0.1, 0.15) is 10.4 Å². The number of hydrogen-bond acceptors (Lipinski definition) is 3. The predicted molar refractivity (Wildman–Crippen MR) is 52.1 cm³/mol. The second kappa shape index (κ2) is 3.64. The van der Waals surface area contributed by atoms with Gasteiger partial charge in [0.05, 0.1) is 6.20 Å². The highest BCUT2D eigenvalue weighted by Crippen LogP contribution is 2.24. The van der Waals surface area contributed by atoms with Gasteiger partial charge in [0.15, 0.2) is 5.76 Å². The van der Waals surface area contributed by atoms with Gasteiger partial charge in [-0.25, -0.2) is 0 Å². The summed E-state index contributed by atoms with van der Waals surface area (Å²) in [6.45, 7) is 0. The molecule has 3 nitrogen and oxygen atoms in total. The van der Waals surface area contributed by atoms with Crippen LogP contribution in [-0.2, 0) is 0 Å². The van der Waals surface area contributed by atoms with Gasteiger partial charge in [-0.15, -0.1) is 0 Å². The van der Waals surface area contributed by atoms with Gasteiger partial charge in [0.2, 0.25) is 0 Å². The van der Waals surface area contributed by atoms with Crippen molar-refractivity contribution in [2.45, 2.75) is 0 Å². The molecule has 0 aliphatic rings. The fourth-order valence-corrected chi connectivity index (χ4v) is 1.31. The molecule has 0 saturated carbocycles. The Kier molecular flexibility index (Phi) is 2.33. The minimum atomic E-state index is -0.565. The third-order valence-electron chi connectivity index (χ3n) is 1.82. The van der Waals surface area contributed by atoms with E-state index in [1.165, 1.54) is 6.20 Å². The highest BCUT2D eigenvalue weighted by atomic mass is 35.5. The van der Waals surface area contributed by atoms with Gasteiger partial charge in [-0.3, -0.25) is 4.79 Å². The molecule has 4 heteroatoms. The molecule has 0 N–H and O–H groups in total. The maximum absolute atomic E-state index is 11.0. The second-order valence-electron chi connectivity index (χ2n) is 2.71. The minimum absolute atomic E-state index is 0.290. The molecule has 1 aromatic heterocycles. The van der Waals surface area contributed by atoms with Crippen LogP contribution < -0.4 is 0 Å². The Bertz CT molecular complexity index is 450.